The number of carboxylic acid groups (broad SMARTS) is 1. The first-order valence-corrected chi connectivity index (χ1v) is 11.8. The second kappa shape index (κ2) is 9.33. The van der Waals surface area contributed by atoms with Gasteiger partial charge < -0.3 is 20.5 Å². The van der Waals surface area contributed by atoms with Gasteiger partial charge in [-0.2, -0.15) is 0 Å². The molecular weight excluding hydrogens is 471 g/mol. The third-order valence-electron chi connectivity index (χ3n) is 5.22. The molecule has 0 aliphatic carbocycles. The van der Waals surface area contributed by atoms with Gasteiger partial charge in [-0.25, -0.2) is 19.2 Å². The van der Waals surface area contributed by atoms with E-state index in [2.05, 4.69) is 20.6 Å². The van der Waals surface area contributed by atoms with E-state index in [0.29, 0.717) is 22.1 Å². The van der Waals surface area contributed by atoms with Crippen molar-refractivity contribution in [3.8, 4) is 11.3 Å². The Morgan fingerprint density at radius 1 is 1.27 bits per heavy atom. The summed E-state index contributed by atoms with van der Waals surface area (Å²) >= 11 is 2.53. The van der Waals surface area contributed by atoms with Gasteiger partial charge in [0.05, 0.1) is 16.9 Å². The van der Waals surface area contributed by atoms with E-state index in [9.17, 15) is 23.9 Å². The van der Waals surface area contributed by atoms with E-state index in [1.165, 1.54) is 34.8 Å². The van der Waals surface area contributed by atoms with Crippen molar-refractivity contribution in [2.45, 2.75) is 37.5 Å². The molecule has 2 unspecified atom stereocenters. The van der Waals surface area contributed by atoms with Crippen LogP contribution >= 0.6 is 22.7 Å². The topological polar surface area (TPSA) is 134 Å². The molecule has 12 heteroatoms. The summed E-state index contributed by atoms with van der Waals surface area (Å²) in [6.45, 7) is 1.61. The molecule has 1 aliphatic rings. The van der Waals surface area contributed by atoms with Crippen LogP contribution in [0.2, 0.25) is 0 Å². The van der Waals surface area contributed by atoms with Gasteiger partial charge in [0.2, 0.25) is 11.5 Å². The Hall–Kier alpha value is -3.22. The van der Waals surface area contributed by atoms with Gasteiger partial charge in [0, 0.05) is 22.7 Å². The van der Waals surface area contributed by atoms with Crippen LogP contribution in [0.25, 0.3) is 11.3 Å². The van der Waals surface area contributed by atoms with Gasteiger partial charge in [0.15, 0.2) is 11.2 Å². The van der Waals surface area contributed by atoms with E-state index in [4.69, 9.17) is 4.74 Å². The fraction of sp³-hybridized carbons (Fsp3) is 0.286. The van der Waals surface area contributed by atoms with E-state index < -0.39 is 35.5 Å². The van der Waals surface area contributed by atoms with Gasteiger partial charge in [-0.3, -0.25) is 9.59 Å². The Morgan fingerprint density at radius 3 is 2.64 bits per heavy atom. The van der Waals surface area contributed by atoms with Crippen molar-refractivity contribution in [2.75, 3.05) is 5.32 Å². The van der Waals surface area contributed by atoms with Crippen LogP contribution in [0, 0.1) is 5.82 Å². The average Bonchev–Trinajstić information content (AvgIpc) is 3.07. The molecule has 4 rings (SSSR count). The number of nitrogens with one attached hydrogen (secondary N) is 2. The Kier molecular flexibility index (Phi) is 6.49. The maximum atomic E-state index is 13.1. The lowest BCUT2D eigenvalue weighted by molar-refractivity contribution is -0.143. The number of hydrogen-bond donors (Lipinski definition) is 3. The SMILES string of the molecule is CCC1(C(=O)O)OC1C(=O)N[C@@H](Cc1cscn1)C(=O)Nc1nc(-c2ccc(F)cc2)cs1. The van der Waals surface area contributed by atoms with Gasteiger partial charge in [0.25, 0.3) is 5.91 Å². The Balaban J connectivity index is 1.47. The number of ether oxygens (including phenoxy) is 1. The molecule has 3 aromatic rings. The number of halogens is 1. The summed E-state index contributed by atoms with van der Waals surface area (Å²) in [6.07, 6.45) is -0.944. The number of rotatable bonds is 9. The number of carbonyl (C=O) groups is 3. The first-order chi connectivity index (χ1) is 15.8. The minimum Gasteiger partial charge on any atom is -0.479 e. The van der Waals surface area contributed by atoms with Crippen LogP contribution < -0.4 is 10.6 Å². The summed E-state index contributed by atoms with van der Waals surface area (Å²) in [4.78, 5) is 45.6. The Labute approximate surface area is 195 Å². The van der Waals surface area contributed by atoms with Crippen molar-refractivity contribution in [1.82, 2.24) is 15.3 Å². The molecule has 0 saturated carbocycles. The van der Waals surface area contributed by atoms with Crippen molar-refractivity contribution in [3.05, 3.63) is 52.0 Å². The molecule has 1 aromatic carbocycles. The largest absolute Gasteiger partial charge is 0.479 e. The molecule has 3 N–H and O–H groups in total. The summed E-state index contributed by atoms with van der Waals surface area (Å²) in [5.74, 6) is -2.80. The highest BCUT2D eigenvalue weighted by Gasteiger charge is 2.65. The zero-order chi connectivity index (χ0) is 23.6. The molecule has 9 nitrogen and oxygen atoms in total. The molecule has 1 aliphatic heterocycles. The number of aromatic nitrogens is 2. The lowest BCUT2D eigenvalue weighted by atomic mass is 10.0. The summed E-state index contributed by atoms with van der Waals surface area (Å²) in [6, 6.07) is 4.78. The first kappa shape index (κ1) is 23.0. The molecule has 2 amide bonds. The molecule has 3 heterocycles. The smallest absolute Gasteiger partial charge is 0.339 e. The number of amides is 2. The molecule has 2 aromatic heterocycles. The zero-order valence-corrected chi connectivity index (χ0v) is 18.9. The number of nitrogens with zero attached hydrogens (tertiary/aromatic N) is 2. The van der Waals surface area contributed by atoms with Crippen molar-refractivity contribution < 1.29 is 28.6 Å². The van der Waals surface area contributed by atoms with Crippen molar-refractivity contribution in [1.29, 1.82) is 0 Å². The number of benzene rings is 1. The monoisotopic (exact) mass is 490 g/mol. The van der Waals surface area contributed by atoms with E-state index >= 15 is 0 Å². The predicted molar refractivity (Wildman–Crippen MR) is 119 cm³/mol. The highest BCUT2D eigenvalue weighted by Crippen LogP contribution is 2.40. The number of epoxide rings is 1. The van der Waals surface area contributed by atoms with Gasteiger partial charge in [-0.1, -0.05) is 6.92 Å². The average molecular weight is 491 g/mol. The third kappa shape index (κ3) is 4.92. The van der Waals surface area contributed by atoms with E-state index in [1.807, 2.05) is 0 Å². The van der Waals surface area contributed by atoms with Crippen LogP contribution in [0.1, 0.15) is 19.0 Å². The minimum atomic E-state index is -1.56. The fourth-order valence-electron chi connectivity index (χ4n) is 3.31. The lowest BCUT2D eigenvalue weighted by Crippen LogP contribution is -2.48. The summed E-state index contributed by atoms with van der Waals surface area (Å²) < 4.78 is 18.3. The zero-order valence-electron chi connectivity index (χ0n) is 17.3. The molecule has 3 atom stereocenters. The molecule has 172 valence electrons. The number of thiazole rings is 2. The van der Waals surface area contributed by atoms with Crippen LogP contribution in [0.15, 0.2) is 40.5 Å². The second-order valence-corrected chi connectivity index (χ2v) is 8.90. The van der Waals surface area contributed by atoms with E-state index in [1.54, 1.807) is 35.3 Å². The molecule has 0 radical (unpaired) electrons. The van der Waals surface area contributed by atoms with Gasteiger partial charge >= 0.3 is 5.97 Å². The number of carbonyl (C=O) groups excluding carboxylic acids is 2. The highest BCUT2D eigenvalue weighted by molar-refractivity contribution is 7.14. The Morgan fingerprint density at radius 2 is 2.03 bits per heavy atom. The summed E-state index contributed by atoms with van der Waals surface area (Å²) in [5.41, 5.74) is 1.90. The molecule has 1 saturated heterocycles. The second-order valence-electron chi connectivity index (χ2n) is 7.33. The van der Waals surface area contributed by atoms with Crippen LogP contribution in [0.4, 0.5) is 9.52 Å². The normalized spacial score (nSPS) is 20.1. The van der Waals surface area contributed by atoms with Crippen molar-refractivity contribution in [2.24, 2.45) is 0 Å². The predicted octanol–water partition coefficient (Wildman–Crippen LogP) is 2.70. The fourth-order valence-corrected chi connectivity index (χ4v) is 4.60. The molecule has 33 heavy (non-hydrogen) atoms. The summed E-state index contributed by atoms with van der Waals surface area (Å²) in [7, 11) is 0. The molecule has 0 bridgehead atoms. The van der Waals surface area contributed by atoms with Gasteiger partial charge in [-0.05, 0) is 30.7 Å². The van der Waals surface area contributed by atoms with Crippen LogP contribution in [0.5, 0.6) is 0 Å². The van der Waals surface area contributed by atoms with Gasteiger partial charge in [0.1, 0.15) is 11.9 Å². The standard InChI is InChI=1S/C21H19FN4O5S2/c1-2-21(19(29)30)16(31-21)18(28)24-14(7-13-8-32-10-23-13)17(27)26-20-25-15(9-33-20)11-3-5-12(22)6-4-11/h3-6,8-10,14,16H,2,7H2,1H3,(H,24,28)(H,29,30)(H,25,26,27)/t14-,16?,21?/m0/s1. The van der Waals surface area contributed by atoms with E-state index in [0.717, 1.165) is 0 Å². The van der Waals surface area contributed by atoms with Crippen LogP contribution in [-0.2, 0) is 25.5 Å². The maximum absolute atomic E-state index is 13.1. The number of anilines is 1. The summed E-state index contributed by atoms with van der Waals surface area (Å²) in [5, 5.41) is 18.4. The minimum absolute atomic E-state index is 0.107. The maximum Gasteiger partial charge on any atom is 0.339 e. The van der Waals surface area contributed by atoms with Gasteiger partial charge in [-0.15, -0.1) is 22.7 Å². The highest BCUT2D eigenvalue weighted by atomic mass is 32.1. The lowest BCUT2D eigenvalue weighted by Gasteiger charge is -2.16. The quantitative estimate of drug-likeness (QED) is 0.393. The molecule has 1 fully saturated rings. The van der Waals surface area contributed by atoms with Crippen LogP contribution in [0.3, 0.4) is 0 Å². The van der Waals surface area contributed by atoms with Crippen LogP contribution in [-0.4, -0.2) is 50.6 Å². The first-order valence-electron chi connectivity index (χ1n) is 9.93. The van der Waals surface area contributed by atoms with Crippen molar-refractivity contribution >= 4 is 45.6 Å². The van der Waals surface area contributed by atoms with E-state index in [-0.39, 0.29) is 18.7 Å². The van der Waals surface area contributed by atoms with Crippen molar-refractivity contribution in [3.63, 3.8) is 0 Å². The number of aliphatic carboxylic acids is 1. The Bertz CT molecular complexity index is 1170. The third-order valence-corrected chi connectivity index (χ3v) is 6.62. The number of hydrogen-bond acceptors (Lipinski definition) is 8. The molecular formula is C21H19FN4O5S2. The number of carboxylic acids is 1. The molecule has 0 spiro atoms.